The van der Waals surface area contributed by atoms with E-state index < -0.39 is 43.6 Å². The summed E-state index contributed by atoms with van der Waals surface area (Å²) in [6.07, 6.45) is 0. The summed E-state index contributed by atoms with van der Waals surface area (Å²) in [5.41, 5.74) is 0.748. The van der Waals surface area contributed by atoms with Crippen molar-refractivity contribution in [3.05, 3.63) is 108 Å². The number of nitrogens with zero attached hydrogens (tertiary/aromatic N) is 5. The monoisotopic (exact) mass is 480 g/mol. The molecule has 0 aliphatic rings. The van der Waals surface area contributed by atoms with E-state index in [4.69, 9.17) is 4.84 Å². The second-order valence-corrected chi connectivity index (χ2v) is 6.60. The number of amides is 1. The van der Waals surface area contributed by atoms with Crippen LogP contribution in [0.4, 0.5) is 28.4 Å². The second kappa shape index (κ2) is 10.3. The first-order valence-corrected chi connectivity index (χ1v) is 9.35. The Balaban J connectivity index is 1.64. The van der Waals surface area contributed by atoms with Gasteiger partial charge in [-0.1, -0.05) is 6.07 Å². The van der Waals surface area contributed by atoms with Gasteiger partial charge >= 0.3 is 5.97 Å². The molecule has 1 N–H and O–H groups in total. The van der Waals surface area contributed by atoms with Crippen molar-refractivity contribution in [3.63, 3.8) is 0 Å². The number of anilines is 1. The Labute approximate surface area is 194 Å². The summed E-state index contributed by atoms with van der Waals surface area (Å²) in [5.74, 6) is -1.90. The molecule has 35 heavy (non-hydrogen) atoms. The van der Waals surface area contributed by atoms with E-state index in [1.54, 1.807) is 0 Å². The molecule has 15 nitrogen and oxygen atoms in total. The van der Waals surface area contributed by atoms with Crippen LogP contribution < -0.4 is 5.48 Å². The molecular formula is C20H12N6O9. The van der Waals surface area contributed by atoms with Gasteiger partial charge in [0, 0.05) is 24.3 Å². The number of non-ortho nitro benzene ring substituents is 3. The maximum absolute atomic E-state index is 12.2. The third kappa shape index (κ3) is 6.22. The normalized spacial score (nSPS) is 10.5. The van der Waals surface area contributed by atoms with Crippen LogP contribution in [0, 0.1) is 30.3 Å². The molecule has 0 unspecified atom stereocenters. The third-order valence-corrected chi connectivity index (χ3v) is 4.25. The summed E-state index contributed by atoms with van der Waals surface area (Å²) in [4.78, 5) is 59.3. The van der Waals surface area contributed by atoms with Gasteiger partial charge in [0.2, 0.25) is 0 Å². The van der Waals surface area contributed by atoms with Crippen molar-refractivity contribution in [1.29, 1.82) is 0 Å². The van der Waals surface area contributed by atoms with Crippen LogP contribution in [0.1, 0.15) is 20.7 Å². The Morgan fingerprint density at radius 3 is 1.89 bits per heavy atom. The molecule has 0 saturated carbocycles. The van der Waals surface area contributed by atoms with Crippen molar-refractivity contribution < 1.29 is 29.2 Å². The Hall–Kier alpha value is -5.60. The topological polar surface area (TPSA) is 210 Å². The van der Waals surface area contributed by atoms with Crippen molar-refractivity contribution >= 4 is 40.3 Å². The van der Waals surface area contributed by atoms with Crippen molar-refractivity contribution in [2.24, 2.45) is 10.2 Å². The summed E-state index contributed by atoms with van der Waals surface area (Å²) >= 11 is 0. The molecule has 0 radical (unpaired) electrons. The van der Waals surface area contributed by atoms with E-state index in [-0.39, 0.29) is 22.6 Å². The van der Waals surface area contributed by atoms with Crippen LogP contribution in [0.15, 0.2) is 77.0 Å². The molecule has 176 valence electrons. The summed E-state index contributed by atoms with van der Waals surface area (Å²) in [5, 5.41) is 39.9. The maximum Gasteiger partial charge on any atom is 0.363 e. The molecule has 0 atom stereocenters. The van der Waals surface area contributed by atoms with Crippen LogP contribution in [-0.2, 0) is 4.84 Å². The number of carbonyl (C=O) groups excluding carboxylic acids is 2. The third-order valence-electron chi connectivity index (χ3n) is 4.25. The lowest BCUT2D eigenvalue weighted by molar-refractivity contribution is -0.394. The van der Waals surface area contributed by atoms with E-state index >= 15 is 0 Å². The fourth-order valence-electron chi connectivity index (χ4n) is 2.60. The van der Waals surface area contributed by atoms with Crippen LogP contribution in [0.3, 0.4) is 0 Å². The molecule has 0 spiro atoms. The summed E-state index contributed by atoms with van der Waals surface area (Å²) in [6, 6.07) is 13.0. The molecule has 0 heterocycles. The molecule has 0 saturated heterocycles. The fraction of sp³-hybridized carbons (Fsp3) is 0. The van der Waals surface area contributed by atoms with Crippen molar-refractivity contribution in [1.82, 2.24) is 0 Å². The minimum absolute atomic E-state index is 0.0189. The SMILES string of the molecule is O=C(N=Nc1ccc(NOC(=O)c2cc([N+](=O)[O-])cc([N+](=O)[O-])c2)cc1)c1cccc([N+](=O)[O-])c1. The van der Waals surface area contributed by atoms with E-state index in [0.29, 0.717) is 6.07 Å². The highest BCUT2D eigenvalue weighted by Gasteiger charge is 2.21. The average molecular weight is 480 g/mol. The fourth-order valence-corrected chi connectivity index (χ4v) is 2.60. The number of rotatable bonds is 8. The number of azo groups is 1. The Kier molecular flexibility index (Phi) is 7.11. The van der Waals surface area contributed by atoms with E-state index in [2.05, 4.69) is 15.7 Å². The lowest BCUT2D eigenvalue weighted by Crippen LogP contribution is -2.11. The quantitative estimate of drug-likeness (QED) is 0.270. The Bertz CT molecular complexity index is 1340. The van der Waals surface area contributed by atoms with Gasteiger partial charge < -0.3 is 4.84 Å². The van der Waals surface area contributed by atoms with E-state index in [1.807, 2.05) is 0 Å². The molecule has 3 aromatic carbocycles. The van der Waals surface area contributed by atoms with Gasteiger partial charge in [-0.25, -0.2) is 10.3 Å². The lowest BCUT2D eigenvalue weighted by atomic mass is 10.2. The van der Waals surface area contributed by atoms with Crippen LogP contribution in [0.5, 0.6) is 0 Å². The van der Waals surface area contributed by atoms with Gasteiger partial charge in [0.1, 0.15) is 0 Å². The standard InChI is InChI=1S/C20H12N6O9/c27-19(12-2-1-3-16(8-12)24(29)30)22-21-14-4-6-15(7-5-14)23-35-20(28)13-9-17(25(31)32)11-18(10-13)26(33)34/h1-11,23H. The molecule has 0 aromatic heterocycles. The van der Waals surface area contributed by atoms with Gasteiger partial charge in [0.25, 0.3) is 23.0 Å². The predicted molar refractivity (Wildman–Crippen MR) is 117 cm³/mol. The second-order valence-electron chi connectivity index (χ2n) is 6.60. The molecule has 3 rings (SSSR count). The average Bonchev–Trinajstić information content (AvgIpc) is 2.86. The number of nitro benzene ring substituents is 3. The van der Waals surface area contributed by atoms with E-state index in [1.165, 1.54) is 42.5 Å². The smallest absolute Gasteiger partial charge is 0.338 e. The van der Waals surface area contributed by atoms with Gasteiger partial charge in [-0.3, -0.25) is 35.1 Å². The number of benzene rings is 3. The molecule has 0 bridgehead atoms. The summed E-state index contributed by atoms with van der Waals surface area (Å²) in [6.45, 7) is 0. The van der Waals surface area contributed by atoms with Gasteiger partial charge in [-0.2, -0.15) is 0 Å². The number of carbonyl (C=O) groups is 2. The largest absolute Gasteiger partial charge is 0.363 e. The van der Waals surface area contributed by atoms with Gasteiger partial charge in [-0.15, -0.1) is 10.2 Å². The molecule has 0 aliphatic heterocycles. The van der Waals surface area contributed by atoms with Crippen molar-refractivity contribution in [2.75, 3.05) is 5.48 Å². The van der Waals surface area contributed by atoms with E-state index in [9.17, 15) is 39.9 Å². The van der Waals surface area contributed by atoms with Crippen LogP contribution >= 0.6 is 0 Å². The molecule has 1 amide bonds. The summed E-state index contributed by atoms with van der Waals surface area (Å²) < 4.78 is 0. The highest BCUT2D eigenvalue weighted by molar-refractivity contribution is 5.95. The molecule has 3 aromatic rings. The molecular weight excluding hydrogens is 468 g/mol. The maximum atomic E-state index is 12.2. The Morgan fingerprint density at radius 1 is 0.743 bits per heavy atom. The Morgan fingerprint density at radius 2 is 1.31 bits per heavy atom. The zero-order chi connectivity index (χ0) is 25.5. The van der Waals surface area contributed by atoms with Gasteiger partial charge in [0.05, 0.1) is 43.3 Å². The summed E-state index contributed by atoms with van der Waals surface area (Å²) in [7, 11) is 0. The molecule has 15 heteroatoms. The number of nitro groups is 3. The highest BCUT2D eigenvalue weighted by Crippen LogP contribution is 2.24. The van der Waals surface area contributed by atoms with Crippen molar-refractivity contribution in [2.45, 2.75) is 0 Å². The number of hydrogen-bond donors (Lipinski definition) is 1. The number of nitrogens with one attached hydrogen (secondary N) is 1. The zero-order valence-corrected chi connectivity index (χ0v) is 17.3. The number of hydrogen-bond acceptors (Lipinski definition) is 11. The van der Waals surface area contributed by atoms with Crippen LogP contribution in [0.25, 0.3) is 0 Å². The predicted octanol–water partition coefficient (Wildman–Crippen LogP) is 4.52. The first-order valence-electron chi connectivity index (χ1n) is 9.35. The lowest BCUT2D eigenvalue weighted by Gasteiger charge is -2.07. The van der Waals surface area contributed by atoms with Crippen molar-refractivity contribution in [3.8, 4) is 0 Å². The minimum atomic E-state index is -1.11. The highest BCUT2D eigenvalue weighted by atomic mass is 16.7. The zero-order valence-electron chi connectivity index (χ0n) is 17.3. The van der Waals surface area contributed by atoms with E-state index in [0.717, 1.165) is 18.2 Å². The first kappa shape index (κ1) is 24.1. The van der Waals surface area contributed by atoms with Gasteiger partial charge in [-0.05, 0) is 30.3 Å². The molecule has 0 aliphatic carbocycles. The minimum Gasteiger partial charge on any atom is -0.338 e. The first-order chi connectivity index (χ1) is 16.6. The van der Waals surface area contributed by atoms with Crippen LogP contribution in [-0.4, -0.2) is 26.6 Å². The van der Waals surface area contributed by atoms with Gasteiger partial charge in [0.15, 0.2) is 0 Å². The molecule has 0 fully saturated rings. The van der Waals surface area contributed by atoms with Crippen LogP contribution in [0.2, 0.25) is 0 Å².